The molecule has 1 N–H and O–H groups in total. The summed E-state index contributed by atoms with van der Waals surface area (Å²) in [6.07, 6.45) is 2.65. The molecule has 19 heavy (non-hydrogen) atoms. The Kier molecular flexibility index (Phi) is 5.99. The topological polar surface area (TPSA) is 38.3 Å². The zero-order chi connectivity index (χ0) is 14.3. The van der Waals surface area contributed by atoms with Crippen molar-refractivity contribution in [2.45, 2.75) is 33.4 Å². The van der Waals surface area contributed by atoms with Crippen molar-refractivity contribution >= 4 is 5.91 Å². The van der Waals surface area contributed by atoms with Gasteiger partial charge in [0.2, 0.25) is 5.91 Å². The molecule has 0 radical (unpaired) electrons. The van der Waals surface area contributed by atoms with Gasteiger partial charge in [0.1, 0.15) is 5.75 Å². The SMILES string of the molecule is CC/C=C(/C)C(=O)NCc1ccc(OC(F)F)cc1. The van der Waals surface area contributed by atoms with Crippen molar-refractivity contribution in [3.8, 4) is 5.75 Å². The minimum Gasteiger partial charge on any atom is -0.435 e. The average molecular weight is 269 g/mol. The van der Waals surface area contributed by atoms with Crippen molar-refractivity contribution < 1.29 is 18.3 Å². The van der Waals surface area contributed by atoms with Gasteiger partial charge in [0.05, 0.1) is 0 Å². The first-order valence-corrected chi connectivity index (χ1v) is 6.01. The number of halogens is 2. The summed E-state index contributed by atoms with van der Waals surface area (Å²) < 4.78 is 28.1. The molecule has 5 heteroatoms. The number of nitrogens with one attached hydrogen (secondary N) is 1. The Morgan fingerprint density at radius 1 is 1.37 bits per heavy atom. The van der Waals surface area contributed by atoms with Crippen molar-refractivity contribution in [1.29, 1.82) is 0 Å². The Labute approximate surface area is 111 Å². The van der Waals surface area contributed by atoms with Crippen LogP contribution in [0, 0.1) is 0 Å². The quantitative estimate of drug-likeness (QED) is 0.805. The molecule has 0 heterocycles. The van der Waals surface area contributed by atoms with E-state index in [0.29, 0.717) is 12.1 Å². The minimum atomic E-state index is -2.83. The van der Waals surface area contributed by atoms with Crippen LogP contribution in [-0.2, 0) is 11.3 Å². The highest BCUT2D eigenvalue weighted by atomic mass is 19.3. The van der Waals surface area contributed by atoms with Crippen LogP contribution in [0.1, 0.15) is 25.8 Å². The van der Waals surface area contributed by atoms with Gasteiger partial charge in [-0.2, -0.15) is 8.78 Å². The molecule has 1 rings (SSSR count). The van der Waals surface area contributed by atoms with Crippen LogP contribution in [0.4, 0.5) is 8.78 Å². The summed E-state index contributed by atoms with van der Waals surface area (Å²) in [4.78, 5) is 11.6. The maximum atomic E-state index is 12.0. The van der Waals surface area contributed by atoms with Crippen molar-refractivity contribution in [2.75, 3.05) is 0 Å². The molecular weight excluding hydrogens is 252 g/mol. The number of rotatable bonds is 6. The number of allylic oxidation sites excluding steroid dienone is 1. The molecule has 0 aliphatic carbocycles. The third kappa shape index (κ3) is 5.50. The number of hydrogen-bond donors (Lipinski definition) is 1. The van der Waals surface area contributed by atoms with E-state index in [0.717, 1.165) is 12.0 Å². The van der Waals surface area contributed by atoms with Crippen LogP contribution in [0.5, 0.6) is 5.75 Å². The highest BCUT2D eigenvalue weighted by Crippen LogP contribution is 2.14. The lowest BCUT2D eigenvalue weighted by Crippen LogP contribution is -2.23. The standard InChI is InChI=1S/C14H17F2NO2/c1-3-4-10(2)13(18)17-9-11-5-7-12(8-6-11)19-14(15)16/h4-8,14H,3,9H2,1-2H3,(H,17,18)/b10-4-. The predicted molar refractivity (Wildman–Crippen MR) is 69.0 cm³/mol. The van der Waals surface area contributed by atoms with Gasteiger partial charge in [0, 0.05) is 12.1 Å². The van der Waals surface area contributed by atoms with Gasteiger partial charge < -0.3 is 10.1 Å². The van der Waals surface area contributed by atoms with Crippen LogP contribution in [-0.4, -0.2) is 12.5 Å². The number of benzene rings is 1. The molecule has 0 fully saturated rings. The fraction of sp³-hybridized carbons (Fsp3) is 0.357. The number of alkyl halides is 2. The molecule has 0 bridgehead atoms. The fourth-order valence-electron chi connectivity index (χ4n) is 1.51. The third-order valence-corrected chi connectivity index (χ3v) is 2.47. The van der Waals surface area contributed by atoms with E-state index < -0.39 is 6.61 Å². The van der Waals surface area contributed by atoms with E-state index in [1.54, 1.807) is 19.1 Å². The van der Waals surface area contributed by atoms with Crippen molar-refractivity contribution in [1.82, 2.24) is 5.32 Å². The van der Waals surface area contributed by atoms with E-state index in [2.05, 4.69) is 10.1 Å². The van der Waals surface area contributed by atoms with Gasteiger partial charge >= 0.3 is 6.61 Å². The average Bonchev–Trinajstić information content (AvgIpc) is 2.37. The Morgan fingerprint density at radius 3 is 2.53 bits per heavy atom. The summed E-state index contributed by atoms with van der Waals surface area (Å²) >= 11 is 0. The van der Waals surface area contributed by atoms with Gasteiger partial charge in [-0.15, -0.1) is 0 Å². The number of carbonyl (C=O) groups is 1. The van der Waals surface area contributed by atoms with Crippen molar-refractivity contribution in [3.05, 3.63) is 41.5 Å². The normalized spacial score (nSPS) is 11.5. The smallest absolute Gasteiger partial charge is 0.387 e. The van der Waals surface area contributed by atoms with Gasteiger partial charge in [0.15, 0.2) is 0 Å². The van der Waals surface area contributed by atoms with Crippen LogP contribution >= 0.6 is 0 Å². The number of ether oxygens (including phenoxy) is 1. The van der Waals surface area contributed by atoms with Crippen molar-refractivity contribution in [2.24, 2.45) is 0 Å². The highest BCUT2D eigenvalue weighted by molar-refractivity contribution is 5.92. The Hall–Kier alpha value is -1.91. The molecule has 1 aromatic carbocycles. The summed E-state index contributed by atoms with van der Waals surface area (Å²) in [6, 6.07) is 6.17. The van der Waals surface area contributed by atoms with Gasteiger partial charge in [0.25, 0.3) is 0 Å². The molecule has 0 atom stereocenters. The molecule has 0 aromatic heterocycles. The second-order valence-corrected chi connectivity index (χ2v) is 4.00. The summed E-state index contributed by atoms with van der Waals surface area (Å²) in [7, 11) is 0. The first-order chi connectivity index (χ1) is 9.02. The van der Waals surface area contributed by atoms with Gasteiger partial charge in [-0.25, -0.2) is 0 Å². The lowest BCUT2D eigenvalue weighted by Gasteiger charge is -2.07. The van der Waals surface area contributed by atoms with E-state index in [4.69, 9.17) is 0 Å². The molecular formula is C14H17F2NO2. The molecule has 0 saturated heterocycles. The monoisotopic (exact) mass is 269 g/mol. The molecule has 104 valence electrons. The number of carbonyl (C=O) groups excluding carboxylic acids is 1. The molecule has 1 aromatic rings. The summed E-state index contributed by atoms with van der Waals surface area (Å²) in [5, 5.41) is 2.75. The lowest BCUT2D eigenvalue weighted by molar-refractivity contribution is -0.117. The van der Waals surface area contributed by atoms with E-state index in [1.807, 2.05) is 13.0 Å². The molecule has 0 aliphatic heterocycles. The van der Waals surface area contributed by atoms with Crippen LogP contribution < -0.4 is 10.1 Å². The van der Waals surface area contributed by atoms with E-state index in [1.165, 1.54) is 12.1 Å². The van der Waals surface area contributed by atoms with Crippen molar-refractivity contribution in [3.63, 3.8) is 0 Å². The third-order valence-electron chi connectivity index (χ3n) is 2.47. The number of hydrogen-bond acceptors (Lipinski definition) is 2. The Balaban J connectivity index is 2.50. The summed E-state index contributed by atoms with van der Waals surface area (Å²) in [5.41, 5.74) is 1.49. The zero-order valence-electron chi connectivity index (χ0n) is 11.0. The maximum Gasteiger partial charge on any atom is 0.387 e. The molecule has 0 unspecified atom stereocenters. The summed E-state index contributed by atoms with van der Waals surface area (Å²) in [6.45, 7) is 1.23. The van der Waals surface area contributed by atoms with E-state index in [-0.39, 0.29) is 11.7 Å². The van der Waals surface area contributed by atoms with Gasteiger partial charge in [-0.05, 0) is 31.0 Å². The van der Waals surface area contributed by atoms with Gasteiger partial charge in [-0.1, -0.05) is 25.1 Å². The largest absolute Gasteiger partial charge is 0.435 e. The molecule has 0 spiro atoms. The van der Waals surface area contributed by atoms with E-state index in [9.17, 15) is 13.6 Å². The van der Waals surface area contributed by atoms with Gasteiger partial charge in [-0.3, -0.25) is 4.79 Å². The van der Waals surface area contributed by atoms with E-state index >= 15 is 0 Å². The second kappa shape index (κ2) is 7.51. The molecule has 0 saturated carbocycles. The summed E-state index contributed by atoms with van der Waals surface area (Å²) in [5.74, 6) is -0.0260. The molecule has 3 nitrogen and oxygen atoms in total. The first-order valence-electron chi connectivity index (χ1n) is 6.01. The van der Waals surface area contributed by atoms with Crippen LogP contribution in [0.3, 0.4) is 0 Å². The maximum absolute atomic E-state index is 12.0. The minimum absolute atomic E-state index is 0.104. The molecule has 1 amide bonds. The second-order valence-electron chi connectivity index (χ2n) is 4.00. The highest BCUT2D eigenvalue weighted by Gasteiger charge is 2.05. The van der Waals surface area contributed by atoms with Crippen LogP contribution in [0.25, 0.3) is 0 Å². The lowest BCUT2D eigenvalue weighted by atomic mass is 10.2. The van der Waals surface area contributed by atoms with Crippen LogP contribution in [0.2, 0.25) is 0 Å². The Bertz CT molecular complexity index is 441. The first kappa shape index (κ1) is 15.1. The van der Waals surface area contributed by atoms with Crippen LogP contribution in [0.15, 0.2) is 35.9 Å². The number of amides is 1. The zero-order valence-corrected chi connectivity index (χ0v) is 11.0. The Morgan fingerprint density at radius 2 is 2.00 bits per heavy atom. The predicted octanol–water partition coefficient (Wildman–Crippen LogP) is 3.26. The molecule has 0 aliphatic rings. The fourth-order valence-corrected chi connectivity index (χ4v) is 1.51.